The zero-order valence-corrected chi connectivity index (χ0v) is 14.3. The summed E-state index contributed by atoms with van der Waals surface area (Å²) < 4.78 is 20.3. The summed E-state index contributed by atoms with van der Waals surface area (Å²) in [6, 6.07) is 13.1. The van der Waals surface area contributed by atoms with Gasteiger partial charge in [-0.3, -0.25) is 4.79 Å². The minimum Gasteiger partial charge on any atom is -0.504 e. The van der Waals surface area contributed by atoms with Crippen LogP contribution in [0.5, 0.6) is 5.75 Å². The number of amides is 1. The summed E-state index contributed by atoms with van der Waals surface area (Å²) in [7, 11) is 1.60. The predicted octanol–water partition coefficient (Wildman–Crippen LogP) is 3.68. The molecule has 2 N–H and O–H groups in total. The third kappa shape index (κ3) is 3.57. The summed E-state index contributed by atoms with van der Waals surface area (Å²) in [4.78, 5) is 12.4. The summed E-state index contributed by atoms with van der Waals surface area (Å²) in [6.07, 6.45) is 1.07. The van der Waals surface area contributed by atoms with Gasteiger partial charge in [0, 0.05) is 12.8 Å². The number of hydrogen-bond donors (Lipinski definition) is 2. The summed E-state index contributed by atoms with van der Waals surface area (Å²) in [5.74, 6) is -1.45. The van der Waals surface area contributed by atoms with Crippen LogP contribution in [-0.4, -0.2) is 27.9 Å². The third-order valence-corrected chi connectivity index (χ3v) is 3.98. The van der Waals surface area contributed by atoms with E-state index < -0.39 is 11.7 Å². The van der Waals surface area contributed by atoms with E-state index in [0.717, 1.165) is 10.2 Å². The molecule has 0 saturated carbocycles. The lowest BCUT2D eigenvalue weighted by atomic mass is 10.1. The molecule has 0 aliphatic heterocycles. The Hall–Kier alpha value is -3.19. The van der Waals surface area contributed by atoms with E-state index in [-0.39, 0.29) is 23.2 Å². The smallest absolute Gasteiger partial charge is 0.280 e. The molecular weight excluding hydrogens is 337 g/mol. The highest BCUT2D eigenvalue weighted by atomic mass is 19.1. The Morgan fingerprint density at radius 3 is 2.77 bits per heavy atom. The van der Waals surface area contributed by atoms with Crippen LogP contribution in [0.3, 0.4) is 0 Å². The topological polar surface area (TPSA) is 76.4 Å². The van der Waals surface area contributed by atoms with Crippen molar-refractivity contribution in [3.05, 3.63) is 71.8 Å². The number of rotatable bonds is 5. The maximum Gasteiger partial charge on any atom is 0.280 e. The second-order valence-corrected chi connectivity index (χ2v) is 5.72. The monoisotopic (exact) mass is 355 g/mol. The number of carbonyl (C=O) groups is 1. The standard InChI is InChI=1S/C19H18FN3O3/c1-12(26-2)13-6-5-7-14(10-13)21-19(25)18-17(24)11-23(22-18)16-9-4-3-8-15(16)20/h3-12,24H,1-2H3,(H,21,25)/t12-/m1/s1. The highest BCUT2D eigenvalue weighted by Crippen LogP contribution is 2.23. The molecule has 1 atom stereocenters. The molecule has 0 aliphatic rings. The van der Waals surface area contributed by atoms with Gasteiger partial charge in [-0.25, -0.2) is 9.07 Å². The molecule has 0 saturated heterocycles. The van der Waals surface area contributed by atoms with Crippen LogP contribution < -0.4 is 5.32 Å². The van der Waals surface area contributed by atoms with E-state index >= 15 is 0 Å². The Labute approximate surface area is 149 Å². The first-order valence-corrected chi connectivity index (χ1v) is 7.97. The Kier molecular flexibility index (Phi) is 4.99. The number of benzene rings is 2. The quantitative estimate of drug-likeness (QED) is 0.732. The van der Waals surface area contributed by atoms with Gasteiger partial charge in [-0.2, -0.15) is 5.10 Å². The van der Waals surface area contributed by atoms with Gasteiger partial charge in [0.25, 0.3) is 5.91 Å². The molecule has 0 radical (unpaired) electrons. The Balaban J connectivity index is 1.84. The molecule has 134 valence electrons. The number of carbonyl (C=O) groups excluding carboxylic acids is 1. The Bertz CT molecular complexity index is 939. The summed E-state index contributed by atoms with van der Waals surface area (Å²) in [6.45, 7) is 1.89. The van der Waals surface area contributed by atoms with E-state index in [2.05, 4.69) is 10.4 Å². The molecule has 6 nitrogen and oxygen atoms in total. The van der Waals surface area contributed by atoms with Crippen molar-refractivity contribution in [3.8, 4) is 11.4 Å². The van der Waals surface area contributed by atoms with Gasteiger partial charge in [0.1, 0.15) is 11.5 Å². The fourth-order valence-corrected chi connectivity index (χ4v) is 2.48. The maximum atomic E-state index is 13.9. The lowest BCUT2D eigenvalue weighted by Gasteiger charge is -2.11. The van der Waals surface area contributed by atoms with Crippen LogP contribution in [0, 0.1) is 5.82 Å². The van der Waals surface area contributed by atoms with Crippen molar-refractivity contribution in [2.24, 2.45) is 0 Å². The van der Waals surface area contributed by atoms with Crippen molar-refractivity contribution in [3.63, 3.8) is 0 Å². The van der Waals surface area contributed by atoms with E-state index in [1.165, 1.54) is 18.3 Å². The molecule has 26 heavy (non-hydrogen) atoms. The summed E-state index contributed by atoms with van der Waals surface area (Å²) in [5, 5.41) is 16.7. The van der Waals surface area contributed by atoms with Gasteiger partial charge in [0.2, 0.25) is 0 Å². The van der Waals surface area contributed by atoms with Gasteiger partial charge in [-0.1, -0.05) is 24.3 Å². The van der Waals surface area contributed by atoms with Gasteiger partial charge in [0.05, 0.1) is 12.3 Å². The predicted molar refractivity (Wildman–Crippen MR) is 95.0 cm³/mol. The van der Waals surface area contributed by atoms with E-state index in [0.29, 0.717) is 5.69 Å². The fourth-order valence-electron chi connectivity index (χ4n) is 2.48. The number of nitrogens with one attached hydrogen (secondary N) is 1. The highest BCUT2D eigenvalue weighted by Gasteiger charge is 2.18. The van der Waals surface area contributed by atoms with Crippen molar-refractivity contribution < 1.29 is 19.0 Å². The van der Waals surface area contributed by atoms with Crippen LogP contribution in [-0.2, 0) is 4.74 Å². The number of aromatic hydroxyl groups is 1. The number of ether oxygens (including phenoxy) is 1. The zero-order valence-electron chi connectivity index (χ0n) is 14.3. The van der Waals surface area contributed by atoms with E-state index in [4.69, 9.17) is 4.74 Å². The molecule has 1 aromatic heterocycles. The first-order valence-electron chi connectivity index (χ1n) is 7.97. The summed E-state index contributed by atoms with van der Waals surface area (Å²) >= 11 is 0. The van der Waals surface area contributed by atoms with Gasteiger partial charge >= 0.3 is 0 Å². The number of nitrogens with zero attached hydrogens (tertiary/aromatic N) is 2. The average molecular weight is 355 g/mol. The molecule has 7 heteroatoms. The fraction of sp³-hybridized carbons (Fsp3) is 0.158. The van der Waals surface area contributed by atoms with Crippen LogP contribution in [0.15, 0.2) is 54.7 Å². The largest absolute Gasteiger partial charge is 0.504 e. The molecular formula is C19H18FN3O3. The van der Waals surface area contributed by atoms with Crippen LogP contribution in [0.2, 0.25) is 0 Å². The highest BCUT2D eigenvalue weighted by molar-refractivity contribution is 6.04. The molecule has 0 fully saturated rings. The van der Waals surface area contributed by atoms with Crippen molar-refractivity contribution in [1.29, 1.82) is 0 Å². The van der Waals surface area contributed by atoms with Crippen LogP contribution in [0.1, 0.15) is 29.1 Å². The minimum absolute atomic E-state index is 0.125. The second kappa shape index (κ2) is 7.37. The lowest BCUT2D eigenvalue weighted by molar-refractivity contribution is 0.101. The summed E-state index contributed by atoms with van der Waals surface area (Å²) in [5.41, 5.74) is 1.37. The van der Waals surface area contributed by atoms with Gasteiger partial charge in [0.15, 0.2) is 11.4 Å². The second-order valence-electron chi connectivity index (χ2n) is 5.72. The molecule has 3 rings (SSSR count). The number of hydrogen-bond acceptors (Lipinski definition) is 4. The Morgan fingerprint density at radius 1 is 1.27 bits per heavy atom. The van der Waals surface area contributed by atoms with E-state index in [1.54, 1.807) is 37.4 Å². The number of halogens is 1. The molecule has 0 aliphatic carbocycles. The molecule has 1 heterocycles. The van der Waals surface area contributed by atoms with E-state index in [1.807, 2.05) is 13.0 Å². The van der Waals surface area contributed by atoms with Gasteiger partial charge < -0.3 is 15.2 Å². The van der Waals surface area contributed by atoms with Crippen molar-refractivity contribution in [2.45, 2.75) is 13.0 Å². The van der Waals surface area contributed by atoms with Crippen LogP contribution in [0.25, 0.3) is 5.69 Å². The Morgan fingerprint density at radius 2 is 2.04 bits per heavy atom. The number of aromatic nitrogens is 2. The maximum absolute atomic E-state index is 13.9. The van der Waals surface area contributed by atoms with Crippen molar-refractivity contribution in [1.82, 2.24) is 9.78 Å². The normalized spacial score (nSPS) is 12.0. The van der Waals surface area contributed by atoms with Crippen LogP contribution >= 0.6 is 0 Å². The molecule has 2 aromatic carbocycles. The number of anilines is 1. The SMILES string of the molecule is CO[C@H](C)c1cccc(NC(=O)c2nn(-c3ccccc3F)cc2O)c1. The lowest BCUT2D eigenvalue weighted by Crippen LogP contribution is -2.14. The molecule has 3 aromatic rings. The minimum atomic E-state index is -0.597. The molecule has 0 unspecified atom stereocenters. The number of para-hydroxylation sites is 1. The molecule has 0 bridgehead atoms. The van der Waals surface area contributed by atoms with Gasteiger partial charge in [-0.15, -0.1) is 0 Å². The third-order valence-electron chi connectivity index (χ3n) is 3.98. The van der Waals surface area contributed by atoms with E-state index in [9.17, 15) is 14.3 Å². The van der Waals surface area contributed by atoms with Gasteiger partial charge in [-0.05, 0) is 36.8 Å². The first kappa shape index (κ1) is 17.6. The van der Waals surface area contributed by atoms with Crippen molar-refractivity contribution >= 4 is 11.6 Å². The number of methoxy groups -OCH3 is 1. The molecule has 0 spiro atoms. The first-order chi connectivity index (χ1) is 12.5. The average Bonchev–Trinajstić information content (AvgIpc) is 3.03. The van der Waals surface area contributed by atoms with Crippen molar-refractivity contribution in [2.75, 3.05) is 12.4 Å². The van der Waals surface area contributed by atoms with Crippen LogP contribution in [0.4, 0.5) is 10.1 Å². The molecule has 1 amide bonds. The zero-order chi connectivity index (χ0) is 18.7.